The number of rotatable bonds is 2. The summed E-state index contributed by atoms with van der Waals surface area (Å²) in [5.41, 5.74) is 0.164. The number of hydrogen-bond donors (Lipinski definition) is 1. The van der Waals surface area contributed by atoms with Crippen molar-refractivity contribution in [2.75, 3.05) is 13.1 Å². The lowest BCUT2D eigenvalue weighted by atomic mass is 9.82. The zero-order valence-electron chi connectivity index (χ0n) is 10.6. The van der Waals surface area contributed by atoms with Crippen LogP contribution in [0.1, 0.15) is 57.7 Å². The molecule has 0 aliphatic carbocycles. The topological polar surface area (TPSA) is 51.0 Å². The summed E-state index contributed by atoms with van der Waals surface area (Å²) < 4.78 is 5.38. The van der Waals surface area contributed by atoms with Gasteiger partial charge in [-0.3, -0.25) is 0 Å². The molecule has 1 N–H and O–H groups in total. The fourth-order valence-electron chi connectivity index (χ4n) is 1.83. The van der Waals surface area contributed by atoms with Gasteiger partial charge in [-0.2, -0.15) is 4.98 Å². The van der Waals surface area contributed by atoms with E-state index in [1.165, 1.54) is 0 Å². The molecular formula is C12H21N3O. The third-order valence-electron chi connectivity index (χ3n) is 3.55. The second-order valence-corrected chi connectivity index (χ2v) is 5.77. The van der Waals surface area contributed by atoms with Gasteiger partial charge in [0.05, 0.1) is 0 Å². The maximum atomic E-state index is 5.38. The molecule has 1 aliphatic rings. The van der Waals surface area contributed by atoms with Crippen molar-refractivity contribution >= 4 is 0 Å². The number of aromatic nitrogens is 2. The molecule has 1 aliphatic heterocycles. The summed E-state index contributed by atoms with van der Waals surface area (Å²) in [6.45, 7) is 10.8. The Kier molecular flexibility index (Phi) is 3.02. The maximum absolute atomic E-state index is 5.38. The van der Waals surface area contributed by atoms with Gasteiger partial charge in [0.2, 0.25) is 5.89 Å². The van der Waals surface area contributed by atoms with Crippen LogP contribution in [-0.2, 0) is 0 Å². The van der Waals surface area contributed by atoms with E-state index >= 15 is 0 Å². The SMILES string of the molecule is CC(c1nc(C2CCNC2)no1)C(C)(C)C. The molecule has 2 unspecified atom stereocenters. The summed E-state index contributed by atoms with van der Waals surface area (Å²) in [5.74, 6) is 2.37. The molecule has 0 saturated carbocycles. The van der Waals surface area contributed by atoms with Crippen molar-refractivity contribution in [1.82, 2.24) is 15.5 Å². The molecule has 1 aromatic rings. The van der Waals surface area contributed by atoms with Crippen molar-refractivity contribution in [2.24, 2.45) is 5.41 Å². The fourth-order valence-corrected chi connectivity index (χ4v) is 1.83. The molecule has 16 heavy (non-hydrogen) atoms. The molecule has 1 aromatic heterocycles. The molecule has 0 radical (unpaired) electrons. The quantitative estimate of drug-likeness (QED) is 0.835. The zero-order chi connectivity index (χ0) is 11.8. The van der Waals surface area contributed by atoms with Crippen molar-refractivity contribution in [3.05, 3.63) is 11.7 Å². The Hall–Kier alpha value is -0.900. The van der Waals surface area contributed by atoms with Gasteiger partial charge in [-0.25, -0.2) is 0 Å². The Morgan fingerprint density at radius 2 is 2.19 bits per heavy atom. The summed E-state index contributed by atoms with van der Waals surface area (Å²) in [5, 5.41) is 7.42. The van der Waals surface area contributed by atoms with Crippen LogP contribution in [0, 0.1) is 5.41 Å². The van der Waals surface area contributed by atoms with Gasteiger partial charge in [-0.1, -0.05) is 32.9 Å². The third-order valence-corrected chi connectivity index (χ3v) is 3.55. The average Bonchev–Trinajstić information content (AvgIpc) is 2.85. The van der Waals surface area contributed by atoms with Crippen LogP contribution in [0.25, 0.3) is 0 Å². The molecule has 0 amide bonds. The molecule has 2 atom stereocenters. The lowest BCUT2D eigenvalue weighted by Crippen LogP contribution is -2.15. The monoisotopic (exact) mass is 223 g/mol. The Morgan fingerprint density at radius 3 is 2.75 bits per heavy atom. The summed E-state index contributed by atoms with van der Waals surface area (Å²) >= 11 is 0. The van der Waals surface area contributed by atoms with Crippen molar-refractivity contribution < 1.29 is 4.52 Å². The largest absolute Gasteiger partial charge is 0.339 e. The van der Waals surface area contributed by atoms with Crippen molar-refractivity contribution in [3.8, 4) is 0 Å². The number of nitrogens with zero attached hydrogens (tertiary/aromatic N) is 2. The second-order valence-electron chi connectivity index (χ2n) is 5.77. The highest BCUT2D eigenvalue weighted by Crippen LogP contribution is 2.34. The lowest BCUT2D eigenvalue weighted by molar-refractivity contribution is 0.261. The molecule has 4 nitrogen and oxygen atoms in total. The number of nitrogens with one attached hydrogen (secondary N) is 1. The van der Waals surface area contributed by atoms with Crippen molar-refractivity contribution in [2.45, 2.75) is 46.0 Å². The van der Waals surface area contributed by atoms with E-state index in [4.69, 9.17) is 4.52 Å². The summed E-state index contributed by atoms with van der Waals surface area (Å²) in [6.07, 6.45) is 1.11. The highest BCUT2D eigenvalue weighted by atomic mass is 16.5. The van der Waals surface area contributed by atoms with Gasteiger partial charge in [0.15, 0.2) is 5.82 Å². The Labute approximate surface area is 96.8 Å². The van der Waals surface area contributed by atoms with Crippen LogP contribution in [-0.4, -0.2) is 23.2 Å². The van der Waals surface area contributed by atoms with E-state index in [-0.39, 0.29) is 5.41 Å². The molecule has 2 heterocycles. The molecule has 0 aromatic carbocycles. The van der Waals surface area contributed by atoms with Crippen LogP contribution in [0.3, 0.4) is 0 Å². The smallest absolute Gasteiger partial charge is 0.230 e. The second kappa shape index (κ2) is 4.17. The van der Waals surface area contributed by atoms with Gasteiger partial charge in [0, 0.05) is 18.4 Å². The summed E-state index contributed by atoms with van der Waals surface area (Å²) in [6, 6.07) is 0. The van der Waals surface area contributed by atoms with Crippen LogP contribution < -0.4 is 5.32 Å². The predicted octanol–water partition coefficient (Wildman–Crippen LogP) is 2.30. The molecule has 1 saturated heterocycles. The van der Waals surface area contributed by atoms with E-state index in [0.29, 0.717) is 11.8 Å². The first-order chi connectivity index (χ1) is 7.48. The van der Waals surface area contributed by atoms with Crippen LogP contribution in [0.2, 0.25) is 0 Å². The molecule has 1 fully saturated rings. The Morgan fingerprint density at radius 1 is 1.44 bits per heavy atom. The first kappa shape index (κ1) is 11.6. The Balaban J connectivity index is 2.12. The fraction of sp³-hybridized carbons (Fsp3) is 0.833. The molecule has 0 spiro atoms. The first-order valence-corrected chi connectivity index (χ1v) is 6.02. The average molecular weight is 223 g/mol. The van der Waals surface area contributed by atoms with Gasteiger partial charge in [-0.05, 0) is 18.4 Å². The minimum Gasteiger partial charge on any atom is -0.339 e. The van der Waals surface area contributed by atoms with Crippen LogP contribution in [0.5, 0.6) is 0 Å². The van der Waals surface area contributed by atoms with E-state index in [9.17, 15) is 0 Å². The first-order valence-electron chi connectivity index (χ1n) is 6.02. The maximum Gasteiger partial charge on any atom is 0.230 e. The van der Waals surface area contributed by atoms with Crippen molar-refractivity contribution in [3.63, 3.8) is 0 Å². The van der Waals surface area contributed by atoms with E-state index in [2.05, 4.69) is 43.2 Å². The van der Waals surface area contributed by atoms with Crippen molar-refractivity contribution in [1.29, 1.82) is 0 Å². The standard InChI is InChI=1S/C12H21N3O/c1-8(12(2,3)4)11-14-10(15-16-11)9-5-6-13-7-9/h8-9,13H,5-7H2,1-4H3. The van der Waals surface area contributed by atoms with Gasteiger partial charge in [0.25, 0.3) is 0 Å². The number of hydrogen-bond acceptors (Lipinski definition) is 4. The van der Waals surface area contributed by atoms with E-state index < -0.39 is 0 Å². The Bertz CT molecular complexity index is 347. The highest BCUT2D eigenvalue weighted by molar-refractivity contribution is 5.03. The van der Waals surface area contributed by atoms with Gasteiger partial charge in [0.1, 0.15) is 0 Å². The normalized spacial score (nSPS) is 23.6. The molecule has 2 rings (SSSR count). The van der Waals surface area contributed by atoms with Gasteiger partial charge < -0.3 is 9.84 Å². The zero-order valence-corrected chi connectivity index (χ0v) is 10.6. The molecule has 0 bridgehead atoms. The van der Waals surface area contributed by atoms with Crippen LogP contribution in [0.15, 0.2) is 4.52 Å². The van der Waals surface area contributed by atoms with Crippen LogP contribution in [0.4, 0.5) is 0 Å². The third kappa shape index (κ3) is 2.26. The highest BCUT2D eigenvalue weighted by Gasteiger charge is 2.29. The minimum atomic E-state index is 0.164. The summed E-state index contributed by atoms with van der Waals surface area (Å²) in [4.78, 5) is 4.54. The molecule has 90 valence electrons. The molecular weight excluding hydrogens is 202 g/mol. The molecule has 4 heteroatoms. The van der Waals surface area contributed by atoms with E-state index in [1.54, 1.807) is 0 Å². The predicted molar refractivity (Wildman–Crippen MR) is 62.4 cm³/mol. The lowest BCUT2D eigenvalue weighted by Gasteiger charge is -2.23. The van der Waals surface area contributed by atoms with Crippen LogP contribution >= 0.6 is 0 Å². The van der Waals surface area contributed by atoms with E-state index in [1.807, 2.05) is 0 Å². The van der Waals surface area contributed by atoms with Gasteiger partial charge >= 0.3 is 0 Å². The summed E-state index contributed by atoms with van der Waals surface area (Å²) in [7, 11) is 0. The van der Waals surface area contributed by atoms with Gasteiger partial charge in [-0.15, -0.1) is 0 Å². The van der Waals surface area contributed by atoms with E-state index in [0.717, 1.165) is 31.2 Å². The minimum absolute atomic E-state index is 0.164.